The van der Waals surface area contributed by atoms with Gasteiger partial charge in [-0.05, 0) is 56.2 Å². The van der Waals surface area contributed by atoms with Gasteiger partial charge in [-0.25, -0.2) is 0 Å². The van der Waals surface area contributed by atoms with E-state index >= 15 is 0 Å². The molecule has 0 fully saturated rings. The number of rotatable bonds is 6. The van der Waals surface area contributed by atoms with Crippen LogP contribution in [0, 0.1) is 6.92 Å². The topological polar surface area (TPSA) is 12.0 Å². The summed E-state index contributed by atoms with van der Waals surface area (Å²) in [6, 6.07) is 7.70. The first-order valence-corrected chi connectivity index (χ1v) is 7.59. The Hall–Kier alpha value is -0.820. The molecule has 0 amide bonds. The normalized spacial score (nSPS) is 19.8. The van der Waals surface area contributed by atoms with Gasteiger partial charge in [0.05, 0.1) is 0 Å². The third-order valence-corrected chi connectivity index (χ3v) is 4.17. The van der Waals surface area contributed by atoms with E-state index < -0.39 is 0 Å². The Balaban J connectivity index is 2.15. The zero-order valence-corrected chi connectivity index (χ0v) is 12.1. The van der Waals surface area contributed by atoms with Gasteiger partial charge in [0.15, 0.2) is 0 Å². The van der Waals surface area contributed by atoms with E-state index in [0.717, 1.165) is 12.5 Å². The second-order valence-electron chi connectivity index (χ2n) is 5.70. The first kappa shape index (κ1) is 13.6. The second-order valence-corrected chi connectivity index (χ2v) is 5.70. The Bertz CT molecular complexity index is 383. The molecule has 0 heterocycles. The summed E-state index contributed by atoms with van der Waals surface area (Å²) >= 11 is 0. The first-order chi connectivity index (χ1) is 8.76. The average molecular weight is 245 g/mol. The molecule has 1 aliphatic rings. The molecule has 1 aliphatic carbocycles. The standard InChI is InChI=1S/C17H27N/c1-4-6-17(18-11-5-2)15-10-9-14-8-7-13(3)12-16(14)15/h7-8,12,15,17-18H,4-6,9-11H2,1-3H3. The Morgan fingerprint density at radius 1 is 1.28 bits per heavy atom. The van der Waals surface area contributed by atoms with Crippen molar-refractivity contribution in [3.63, 3.8) is 0 Å². The number of hydrogen-bond acceptors (Lipinski definition) is 1. The molecule has 1 N–H and O–H groups in total. The predicted octanol–water partition coefficient (Wildman–Crippen LogP) is 4.19. The quantitative estimate of drug-likeness (QED) is 0.792. The maximum Gasteiger partial charge on any atom is 0.0136 e. The molecule has 1 aromatic carbocycles. The summed E-state index contributed by atoms with van der Waals surface area (Å²) in [4.78, 5) is 0. The molecule has 2 atom stereocenters. The zero-order valence-electron chi connectivity index (χ0n) is 12.1. The molecular formula is C17H27N. The minimum atomic E-state index is 0.679. The highest BCUT2D eigenvalue weighted by Gasteiger charge is 2.28. The summed E-state index contributed by atoms with van der Waals surface area (Å²) in [5.41, 5.74) is 4.62. The molecule has 1 nitrogen and oxygen atoms in total. The van der Waals surface area contributed by atoms with Crippen molar-refractivity contribution in [1.82, 2.24) is 5.32 Å². The van der Waals surface area contributed by atoms with Crippen LogP contribution >= 0.6 is 0 Å². The van der Waals surface area contributed by atoms with Crippen LogP contribution < -0.4 is 5.32 Å². The lowest BCUT2D eigenvalue weighted by atomic mass is 9.89. The molecule has 0 aromatic heterocycles. The summed E-state index contributed by atoms with van der Waals surface area (Å²) in [5, 5.41) is 3.77. The molecule has 0 saturated heterocycles. The van der Waals surface area contributed by atoms with Gasteiger partial charge in [0.2, 0.25) is 0 Å². The molecule has 0 spiro atoms. The fraction of sp³-hybridized carbons (Fsp3) is 0.647. The first-order valence-electron chi connectivity index (χ1n) is 7.59. The molecule has 100 valence electrons. The molecule has 1 heteroatoms. The van der Waals surface area contributed by atoms with Gasteiger partial charge in [0, 0.05) is 6.04 Å². The number of nitrogens with one attached hydrogen (secondary N) is 1. The van der Waals surface area contributed by atoms with Gasteiger partial charge in [-0.2, -0.15) is 0 Å². The van der Waals surface area contributed by atoms with Crippen LogP contribution in [0.15, 0.2) is 18.2 Å². The van der Waals surface area contributed by atoms with E-state index in [1.165, 1.54) is 37.7 Å². The van der Waals surface area contributed by atoms with E-state index in [-0.39, 0.29) is 0 Å². The SMILES string of the molecule is CCCNC(CCC)C1CCc2ccc(C)cc21. The van der Waals surface area contributed by atoms with Crippen molar-refractivity contribution in [2.45, 2.75) is 64.8 Å². The molecule has 18 heavy (non-hydrogen) atoms. The average Bonchev–Trinajstić information content (AvgIpc) is 2.77. The fourth-order valence-electron chi connectivity index (χ4n) is 3.26. The molecule has 0 bridgehead atoms. The van der Waals surface area contributed by atoms with E-state index in [1.54, 1.807) is 11.1 Å². The summed E-state index contributed by atoms with van der Waals surface area (Å²) in [7, 11) is 0. The number of fused-ring (bicyclic) bond motifs is 1. The smallest absolute Gasteiger partial charge is 0.0136 e. The van der Waals surface area contributed by atoms with Crippen molar-refractivity contribution >= 4 is 0 Å². The van der Waals surface area contributed by atoms with Crippen molar-refractivity contribution in [1.29, 1.82) is 0 Å². The van der Waals surface area contributed by atoms with Gasteiger partial charge in [-0.15, -0.1) is 0 Å². The van der Waals surface area contributed by atoms with Crippen molar-refractivity contribution < 1.29 is 0 Å². The van der Waals surface area contributed by atoms with Crippen LogP contribution in [-0.2, 0) is 6.42 Å². The summed E-state index contributed by atoms with van der Waals surface area (Å²) in [6.07, 6.45) is 6.42. The molecule has 2 rings (SSSR count). The van der Waals surface area contributed by atoms with Crippen LogP contribution in [0.5, 0.6) is 0 Å². The van der Waals surface area contributed by atoms with Crippen LogP contribution in [0.4, 0.5) is 0 Å². The van der Waals surface area contributed by atoms with Crippen LogP contribution in [0.3, 0.4) is 0 Å². The molecule has 0 aliphatic heterocycles. The summed E-state index contributed by atoms with van der Waals surface area (Å²) in [6.45, 7) is 7.92. The lowest BCUT2D eigenvalue weighted by Crippen LogP contribution is -2.34. The van der Waals surface area contributed by atoms with Gasteiger partial charge >= 0.3 is 0 Å². The van der Waals surface area contributed by atoms with Crippen molar-refractivity contribution in [3.8, 4) is 0 Å². The highest BCUT2D eigenvalue weighted by molar-refractivity contribution is 5.39. The monoisotopic (exact) mass is 245 g/mol. The zero-order chi connectivity index (χ0) is 13.0. The summed E-state index contributed by atoms with van der Waals surface area (Å²) in [5.74, 6) is 0.742. The van der Waals surface area contributed by atoms with Gasteiger partial charge in [-0.1, -0.05) is 44.0 Å². The molecule has 0 saturated carbocycles. The number of benzene rings is 1. The highest BCUT2D eigenvalue weighted by atomic mass is 14.9. The second kappa shape index (κ2) is 6.38. The molecule has 2 unspecified atom stereocenters. The summed E-state index contributed by atoms with van der Waals surface area (Å²) < 4.78 is 0. The van der Waals surface area contributed by atoms with Crippen molar-refractivity contribution in [2.75, 3.05) is 6.54 Å². The van der Waals surface area contributed by atoms with E-state index in [9.17, 15) is 0 Å². The minimum absolute atomic E-state index is 0.679. The lowest BCUT2D eigenvalue weighted by Gasteiger charge is -2.25. The Labute approximate surface area is 112 Å². The largest absolute Gasteiger partial charge is 0.313 e. The van der Waals surface area contributed by atoms with Crippen molar-refractivity contribution in [2.24, 2.45) is 0 Å². The van der Waals surface area contributed by atoms with Gasteiger partial charge in [0.1, 0.15) is 0 Å². The molecule has 1 aromatic rings. The van der Waals surface area contributed by atoms with Crippen LogP contribution in [-0.4, -0.2) is 12.6 Å². The van der Waals surface area contributed by atoms with Crippen LogP contribution in [0.25, 0.3) is 0 Å². The fourth-order valence-corrected chi connectivity index (χ4v) is 3.26. The van der Waals surface area contributed by atoms with E-state index in [1.807, 2.05) is 0 Å². The van der Waals surface area contributed by atoms with Crippen LogP contribution in [0.1, 0.15) is 62.1 Å². The maximum atomic E-state index is 3.77. The highest BCUT2D eigenvalue weighted by Crippen LogP contribution is 2.37. The Kier molecular flexibility index (Phi) is 4.82. The number of hydrogen-bond donors (Lipinski definition) is 1. The minimum Gasteiger partial charge on any atom is -0.313 e. The molecular weight excluding hydrogens is 218 g/mol. The Morgan fingerprint density at radius 3 is 2.83 bits per heavy atom. The third-order valence-electron chi connectivity index (χ3n) is 4.17. The molecule has 0 radical (unpaired) electrons. The van der Waals surface area contributed by atoms with Gasteiger partial charge in [0.25, 0.3) is 0 Å². The maximum absolute atomic E-state index is 3.77. The van der Waals surface area contributed by atoms with Gasteiger partial charge in [-0.3, -0.25) is 0 Å². The predicted molar refractivity (Wildman–Crippen MR) is 79.2 cm³/mol. The van der Waals surface area contributed by atoms with Crippen LogP contribution in [0.2, 0.25) is 0 Å². The van der Waals surface area contributed by atoms with E-state index in [0.29, 0.717) is 6.04 Å². The van der Waals surface area contributed by atoms with Crippen molar-refractivity contribution in [3.05, 3.63) is 34.9 Å². The Morgan fingerprint density at radius 2 is 2.11 bits per heavy atom. The van der Waals surface area contributed by atoms with E-state index in [4.69, 9.17) is 0 Å². The third kappa shape index (κ3) is 2.95. The lowest BCUT2D eigenvalue weighted by molar-refractivity contribution is 0.402. The van der Waals surface area contributed by atoms with E-state index in [2.05, 4.69) is 44.3 Å². The number of aryl methyl sites for hydroxylation is 2. The van der Waals surface area contributed by atoms with Gasteiger partial charge < -0.3 is 5.32 Å².